The number of piperazine rings is 1. The Hall–Kier alpha value is -0.800. The van der Waals surface area contributed by atoms with Crippen LogP contribution in [0, 0.1) is 11.3 Å². The standard InChI is InChI=1S/C8H12F3N3/c9-8(10,11)7(1-2-12)14-5-3-13-4-6-14/h7,13H,1,3-6H2/t7-/m0/s1. The van der Waals surface area contributed by atoms with E-state index in [1.165, 1.54) is 4.90 Å². The highest BCUT2D eigenvalue weighted by Gasteiger charge is 2.43. The third-order valence-corrected chi connectivity index (χ3v) is 2.25. The highest BCUT2D eigenvalue weighted by atomic mass is 19.4. The van der Waals surface area contributed by atoms with Crippen LogP contribution >= 0.6 is 0 Å². The van der Waals surface area contributed by atoms with Crippen molar-refractivity contribution in [2.75, 3.05) is 26.2 Å². The maximum Gasteiger partial charge on any atom is 0.405 e. The van der Waals surface area contributed by atoms with Gasteiger partial charge < -0.3 is 5.32 Å². The zero-order valence-electron chi connectivity index (χ0n) is 7.64. The Morgan fingerprint density at radius 2 is 1.93 bits per heavy atom. The summed E-state index contributed by atoms with van der Waals surface area (Å²) in [5, 5.41) is 11.3. The Labute approximate surface area is 80.5 Å². The smallest absolute Gasteiger partial charge is 0.314 e. The summed E-state index contributed by atoms with van der Waals surface area (Å²) >= 11 is 0. The van der Waals surface area contributed by atoms with Crippen LogP contribution in [0.25, 0.3) is 0 Å². The van der Waals surface area contributed by atoms with Crippen molar-refractivity contribution in [1.29, 1.82) is 5.26 Å². The molecule has 1 atom stereocenters. The number of nitriles is 1. The molecule has 1 saturated heterocycles. The zero-order valence-corrected chi connectivity index (χ0v) is 7.64. The number of nitrogens with zero attached hydrogens (tertiary/aromatic N) is 2. The minimum absolute atomic E-state index is 0.353. The summed E-state index contributed by atoms with van der Waals surface area (Å²) in [6.07, 6.45) is -4.78. The van der Waals surface area contributed by atoms with Crippen molar-refractivity contribution < 1.29 is 13.2 Å². The van der Waals surface area contributed by atoms with E-state index in [0.29, 0.717) is 26.2 Å². The lowest BCUT2D eigenvalue weighted by Gasteiger charge is -2.34. The summed E-state index contributed by atoms with van der Waals surface area (Å²) < 4.78 is 37.4. The van der Waals surface area contributed by atoms with E-state index >= 15 is 0 Å². The molecule has 1 N–H and O–H groups in total. The summed E-state index contributed by atoms with van der Waals surface area (Å²) in [5.41, 5.74) is 0. The summed E-state index contributed by atoms with van der Waals surface area (Å²) in [6, 6.07) is -0.0127. The molecule has 0 bridgehead atoms. The summed E-state index contributed by atoms with van der Waals surface area (Å²) in [4.78, 5) is 1.32. The van der Waals surface area contributed by atoms with Gasteiger partial charge in [-0.15, -0.1) is 0 Å². The molecule has 0 radical (unpaired) electrons. The van der Waals surface area contributed by atoms with Gasteiger partial charge in [0.2, 0.25) is 0 Å². The maximum absolute atomic E-state index is 12.5. The average molecular weight is 207 g/mol. The topological polar surface area (TPSA) is 39.1 Å². The van der Waals surface area contributed by atoms with Gasteiger partial charge in [-0.1, -0.05) is 0 Å². The van der Waals surface area contributed by atoms with E-state index in [1.807, 2.05) is 0 Å². The zero-order chi connectivity index (χ0) is 10.6. The molecule has 3 nitrogen and oxygen atoms in total. The molecule has 0 saturated carbocycles. The van der Waals surface area contributed by atoms with Crippen LogP contribution in [0.4, 0.5) is 13.2 Å². The summed E-state index contributed by atoms with van der Waals surface area (Å²) in [5.74, 6) is 0. The second-order valence-electron chi connectivity index (χ2n) is 3.21. The number of rotatable bonds is 2. The first-order valence-corrected chi connectivity index (χ1v) is 4.44. The van der Waals surface area contributed by atoms with E-state index in [0.717, 1.165) is 0 Å². The van der Waals surface area contributed by atoms with Crippen LogP contribution < -0.4 is 5.32 Å². The number of nitrogens with one attached hydrogen (secondary N) is 1. The largest absolute Gasteiger partial charge is 0.405 e. The molecule has 0 aromatic carbocycles. The van der Waals surface area contributed by atoms with Gasteiger partial charge in [0.15, 0.2) is 0 Å². The molecule has 0 aromatic rings. The summed E-state index contributed by atoms with van der Waals surface area (Å²) in [6.45, 7) is 1.81. The van der Waals surface area contributed by atoms with Crippen LogP contribution in [0.1, 0.15) is 6.42 Å². The predicted molar refractivity (Wildman–Crippen MR) is 44.5 cm³/mol. The van der Waals surface area contributed by atoms with Crippen LogP contribution in [0.15, 0.2) is 0 Å². The van der Waals surface area contributed by atoms with Gasteiger partial charge in [0.25, 0.3) is 0 Å². The molecular formula is C8H12F3N3. The first-order valence-electron chi connectivity index (χ1n) is 4.44. The van der Waals surface area contributed by atoms with E-state index in [9.17, 15) is 13.2 Å². The third-order valence-electron chi connectivity index (χ3n) is 2.25. The minimum atomic E-state index is -4.30. The van der Waals surface area contributed by atoms with E-state index < -0.39 is 18.6 Å². The molecule has 0 spiro atoms. The molecule has 0 aliphatic carbocycles. The van der Waals surface area contributed by atoms with Crippen LogP contribution in [0.3, 0.4) is 0 Å². The van der Waals surface area contributed by atoms with Crippen molar-refractivity contribution >= 4 is 0 Å². The lowest BCUT2D eigenvalue weighted by atomic mass is 10.1. The molecule has 1 heterocycles. The SMILES string of the molecule is N#CC[C@H](N1CCNCC1)C(F)(F)F. The first kappa shape index (κ1) is 11.3. The van der Waals surface area contributed by atoms with Gasteiger partial charge in [-0.3, -0.25) is 4.90 Å². The number of alkyl halides is 3. The Morgan fingerprint density at radius 3 is 2.36 bits per heavy atom. The molecule has 80 valence electrons. The molecule has 1 aliphatic rings. The molecular weight excluding hydrogens is 195 g/mol. The van der Waals surface area contributed by atoms with Gasteiger partial charge in [0.05, 0.1) is 12.5 Å². The highest BCUT2D eigenvalue weighted by molar-refractivity contribution is 4.89. The number of hydrogen-bond acceptors (Lipinski definition) is 3. The van der Waals surface area contributed by atoms with Crippen LogP contribution in [0.2, 0.25) is 0 Å². The Balaban J connectivity index is 2.62. The molecule has 1 fully saturated rings. The average Bonchev–Trinajstić information content (AvgIpc) is 2.14. The van der Waals surface area contributed by atoms with E-state index in [2.05, 4.69) is 5.32 Å². The molecule has 0 unspecified atom stereocenters. The van der Waals surface area contributed by atoms with E-state index in [1.54, 1.807) is 6.07 Å². The van der Waals surface area contributed by atoms with Crippen LogP contribution in [-0.4, -0.2) is 43.3 Å². The van der Waals surface area contributed by atoms with Crippen molar-refractivity contribution in [2.45, 2.75) is 18.6 Å². The molecule has 6 heteroatoms. The Bertz CT molecular complexity index is 215. The fourth-order valence-electron chi connectivity index (χ4n) is 1.53. The van der Waals surface area contributed by atoms with Crippen molar-refractivity contribution in [2.24, 2.45) is 0 Å². The molecule has 0 aromatic heterocycles. The minimum Gasteiger partial charge on any atom is -0.314 e. The van der Waals surface area contributed by atoms with Gasteiger partial charge in [-0.25, -0.2) is 0 Å². The van der Waals surface area contributed by atoms with Crippen LogP contribution in [-0.2, 0) is 0 Å². The van der Waals surface area contributed by atoms with Gasteiger partial charge in [0.1, 0.15) is 6.04 Å². The maximum atomic E-state index is 12.5. The van der Waals surface area contributed by atoms with Crippen molar-refractivity contribution in [3.8, 4) is 6.07 Å². The molecule has 14 heavy (non-hydrogen) atoms. The third kappa shape index (κ3) is 2.86. The summed E-state index contributed by atoms with van der Waals surface area (Å²) in [7, 11) is 0. The Kier molecular flexibility index (Phi) is 3.72. The van der Waals surface area contributed by atoms with Crippen molar-refractivity contribution in [3.63, 3.8) is 0 Å². The first-order chi connectivity index (χ1) is 6.55. The normalized spacial score (nSPS) is 21.6. The quantitative estimate of drug-likeness (QED) is 0.725. The van der Waals surface area contributed by atoms with Gasteiger partial charge in [0, 0.05) is 26.2 Å². The lowest BCUT2D eigenvalue weighted by Crippen LogP contribution is -2.53. The highest BCUT2D eigenvalue weighted by Crippen LogP contribution is 2.27. The van der Waals surface area contributed by atoms with Crippen molar-refractivity contribution in [3.05, 3.63) is 0 Å². The second kappa shape index (κ2) is 4.62. The number of hydrogen-bond donors (Lipinski definition) is 1. The van der Waals surface area contributed by atoms with Gasteiger partial charge in [-0.05, 0) is 0 Å². The van der Waals surface area contributed by atoms with Crippen molar-refractivity contribution in [1.82, 2.24) is 10.2 Å². The fraction of sp³-hybridized carbons (Fsp3) is 0.875. The predicted octanol–water partition coefficient (Wildman–Crippen LogP) is 0.736. The number of halogens is 3. The second-order valence-corrected chi connectivity index (χ2v) is 3.21. The Morgan fingerprint density at radius 1 is 1.36 bits per heavy atom. The van der Waals surface area contributed by atoms with Gasteiger partial charge in [-0.2, -0.15) is 18.4 Å². The van der Waals surface area contributed by atoms with E-state index in [4.69, 9.17) is 5.26 Å². The molecule has 1 rings (SSSR count). The monoisotopic (exact) mass is 207 g/mol. The fourth-order valence-corrected chi connectivity index (χ4v) is 1.53. The lowest BCUT2D eigenvalue weighted by molar-refractivity contribution is -0.183. The molecule has 0 amide bonds. The van der Waals surface area contributed by atoms with E-state index in [-0.39, 0.29) is 0 Å². The van der Waals surface area contributed by atoms with Gasteiger partial charge >= 0.3 is 6.18 Å². The molecule has 1 aliphatic heterocycles. The van der Waals surface area contributed by atoms with Crippen LogP contribution in [0.5, 0.6) is 0 Å².